The molecule has 1 saturated carbocycles. The summed E-state index contributed by atoms with van der Waals surface area (Å²) in [6.07, 6.45) is 2.98. The largest absolute Gasteiger partial charge is 0.490 e. The maximum atomic E-state index is 12.7. The van der Waals surface area contributed by atoms with Gasteiger partial charge in [0.15, 0.2) is 12.4 Å². The minimum absolute atomic E-state index is 0.00793. The highest BCUT2D eigenvalue weighted by molar-refractivity contribution is 5.92. The number of likely N-dealkylation sites (tertiary alicyclic amines) is 1. The van der Waals surface area contributed by atoms with E-state index in [1.807, 2.05) is 4.90 Å². The third-order valence-corrected chi connectivity index (χ3v) is 5.67. The summed E-state index contributed by atoms with van der Waals surface area (Å²) in [6.45, 7) is 6.96. The average Bonchev–Trinajstić information content (AvgIpc) is 2.87. The summed E-state index contributed by atoms with van der Waals surface area (Å²) in [4.78, 5) is 37.2. The molecule has 1 aromatic carbocycles. The Morgan fingerprint density at radius 1 is 1.29 bits per heavy atom. The van der Waals surface area contributed by atoms with Gasteiger partial charge < -0.3 is 14.4 Å². The minimum atomic E-state index is -0.771. The second-order valence-corrected chi connectivity index (χ2v) is 8.96. The summed E-state index contributed by atoms with van der Waals surface area (Å²) in [5, 5.41) is 11.1. The average molecular weight is 390 g/mol. The Morgan fingerprint density at radius 2 is 2.00 bits per heavy atom. The fourth-order valence-electron chi connectivity index (χ4n) is 5.00. The molecule has 1 amide bonds. The molecule has 1 aromatic rings. The van der Waals surface area contributed by atoms with E-state index in [1.54, 1.807) is 0 Å². The summed E-state index contributed by atoms with van der Waals surface area (Å²) >= 11 is 0. The molecule has 2 aliphatic rings. The minimum Gasteiger partial charge on any atom is -0.490 e. The first-order chi connectivity index (χ1) is 13.0. The van der Waals surface area contributed by atoms with E-state index in [4.69, 9.17) is 9.47 Å². The number of hydrogen-bond acceptors (Lipinski definition) is 6. The van der Waals surface area contributed by atoms with Crippen LogP contribution in [0.25, 0.3) is 0 Å². The van der Waals surface area contributed by atoms with Crippen LogP contribution in [0.2, 0.25) is 0 Å². The molecule has 0 aromatic heterocycles. The Labute approximate surface area is 163 Å². The number of ether oxygens (including phenoxy) is 2. The van der Waals surface area contributed by atoms with Gasteiger partial charge in [0, 0.05) is 18.7 Å². The molecule has 0 N–H and O–H groups in total. The predicted octanol–water partition coefficient (Wildman–Crippen LogP) is 3.19. The molecule has 2 bridgehead atoms. The summed E-state index contributed by atoms with van der Waals surface area (Å²) in [5.74, 6) is -0.937. The lowest BCUT2D eigenvalue weighted by Gasteiger charge is -2.39. The van der Waals surface area contributed by atoms with Crippen molar-refractivity contribution in [2.45, 2.75) is 46.1 Å². The Bertz CT molecular complexity index is 821. The van der Waals surface area contributed by atoms with Crippen molar-refractivity contribution in [1.82, 2.24) is 4.90 Å². The molecule has 0 radical (unpaired) electrons. The second kappa shape index (κ2) is 7.07. The fourth-order valence-corrected chi connectivity index (χ4v) is 5.00. The standard InChI is InChI=1S/C20H26N2O6/c1-19(2)8-14-9-20(3,11-19)12-21(14)17(23)10-28-18(24)13-5-6-16(27-4)15(7-13)22(25)26/h5-7,14H,8-12H2,1-4H3/t14-,20-/m1/s1. The lowest BCUT2D eigenvalue weighted by Crippen LogP contribution is -2.39. The number of fused-ring (bicyclic) bond motifs is 2. The van der Waals surface area contributed by atoms with E-state index < -0.39 is 10.9 Å². The third kappa shape index (κ3) is 3.95. The van der Waals surface area contributed by atoms with Crippen LogP contribution in [0, 0.1) is 20.9 Å². The van der Waals surface area contributed by atoms with Crippen LogP contribution in [0.5, 0.6) is 5.75 Å². The lowest BCUT2D eigenvalue weighted by atomic mass is 9.65. The van der Waals surface area contributed by atoms with Crippen molar-refractivity contribution in [3.63, 3.8) is 0 Å². The van der Waals surface area contributed by atoms with Crippen molar-refractivity contribution in [3.8, 4) is 5.75 Å². The smallest absolute Gasteiger partial charge is 0.338 e. The van der Waals surface area contributed by atoms with Crippen molar-refractivity contribution in [3.05, 3.63) is 33.9 Å². The molecule has 0 unspecified atom stereocenters. The van der Waals surface area contributed by atoms with Crippen LogP contribution in [-0.4, -0.2) is 48.0 Å². The zero-order chi connectivity index (χ0) is 20.7. The van der Waals surface area contributed by atoms with Gasteiger partial charge in [-0.3, -0.25) is 14.9 Å². The van der Waals surface area contributed by atoms with Crippen LogP contribution in [0.1, 0.15) is 50.4 Å². The van der Waals surface area contributed by atoms with Gasteiger partial charge in [-0.2, -0.15) is 0 Å². The van der Waals surface area contributed by atoms with Crippen LogP contribution in [0.4, 0.5) is 5.69 Å². The Morgan fingerprint density at radius 3 is 2.64 bits per heavy atom. The zero-order valence-corrected chi connectivity index (χ0v) is 16.7. The Hall–Kier alpha value is -2.64. The van der Waals surface area contributed by atoms with Crippen LogP contribution in [-0.2, 0) is 9.53 Å². The molecule has 8 heteroatoms. The van der Waals surface area contributed by atoms with Gasteiger partial charge in [-0.05, 0) is 42.2 Å². The first kappa shape index (κ1) is 20.1. The van der Waals surface area contributed by atoms with Crippen LogP contribution < -0.4 is 4.74 Å². The molecule has 0 spiro atoms. The number of rotatable bonds is 5. The molecular weight excluding hydrogens is 364 g/mol. The van der Waals surface area contributed by atoms with Crippen molar-refractivity contribution in [2.75, 3.05) is 20.3 Å². The normalized spacial score (nSPS) is 25.3. The van der Waals surface area contributed by atoms with Gasteiger partial charge in [0.2, 0.25) is 0 Å². The van der Waals surface area contributed by atoms with E-state index in [0.29, 0.717) is 6.54 Å². The maximum Gasteiger partial charge on any atom is 0.338 e. The van der Waals surface area contributed by atoms with Gasteiger partial charge in [0.05, 0.1) is 17.6 Å². The molecule has 3 rings (SSSR count). The topological polar surface area (TPSA) is 99.0 Å². The molecular formula is C20H26N2O6. The first-order valence-electron chi connectivity index (χ1n) is 9.33. The highest BCUT2D eigenvalue weighted by Crippen LogP contribution is 2.52. The van der Waals surface area contributed by atoms with Gasteiger partial charge in [0.25, 0.3) is 5.91 Å². The Balaban J connectivity index is 1.65. The summed E-state index contributed by atoms with van der Waals surface area (Å²) in [6, 6.07) is 3.98. The van der Waals surface area contributed by atoms with Gasteiger partial charge in [-0.1, -0.05) is 20.8 Å². The first-order valence-corrected chi connectivity index (χ1v) is 9.33. The SMILES string of the molecule is COc1ccc(C(=O)OCC(=O)N2C[C@]3(C)C[C@H]2CC(C)(C)C3)cc1[N+](=O)[O-]. The number of nitrogens with zero attached hydrogens (tertiary/aromatic N) is 2. The van der Waals surface area contributed by atoms with Crippen molar-refractivity contribution < 1.29 is 24.0 Å². The van der Waals surface area contributed by atoms with Crippen molar-refractivity contribution in [1.29, 1.82) is 0 Å². The number of esters is 1. The summed E-state index contributed by atoms with van der Waals surface area (Å²) in [5.41, 5.74) is -0.0333. The second-order valence-electron chi connectivity index (χ2n) is 8.96. The van der Waals surface area contributed by atoms with Gasteiger partial charge >= 0.3 is 11.7 Å². The summed E-state index contributed by atoms with van der Waals surface area (Å²) in [7, 11) is 1.31. The molecule has 2 atom stereocenters. The van der Waals surface area contributed by atoms with Crippen LogP contribution in [0.15, 0.2) is 18.2 Å². The van der Waals surface area contributed by atoms with Gasteiger partial charge in [0.1, 0.15) is 0 Å². The molecule has 1 aliphatic heterocycles. The molecule has 2 fully saturated rings. The van der Waals surface area contributed by atoms with E-state index in [0.717, 1.165) is 25.3 Å². The number of methoxy groups -OCH3 is 1. The third-order valence-electron chi connectivity index (χ3n) is 5.67. The molecule has 28 heavy (non-hydrogen) atoms. The van der Waals surface area contributed by atoms with E-state index in [9.17, 15) is 19.7 Å². The quantitative estimate of drug-likeness (QED) is 0.435. The number of amides is 1. The number of nitro groups is 1. The molecule has 1 heterocycles. The van der Waals surface area contributed by atoms with Crippen molar-refractivity contribution >= 4 is 17.6 Å². The highest BCUT2D eigenvalue weighted by Gasteiger charge is 2.50. The van der Waals surface area contributed by atoms with E-state index in [2.05, 4.69) is 20.8 Å². The number of benzene rings is 1. The fraction of sp³-hybridized carbons (Fsp3) is 0.600. The van der Waals surface area contributed by atoms with E-state index in [-0.39, 0.29) is 46.4 Å². The zero-order valence-electron chi connectivity index (χ0n) is 16.7. The van der Waals surface area contributed by atoms with Crippen molar-refractivity contribution in [2.24, 2.45) is 10.8 Å². The van der Waals surface area contributed by atoms with Gasteiger partial charge in [-0.25, -0.2) is 4.79 Å². The predicted molar refractivity (Wildman–Crippen MR) is 101 cm³/mol. The van der Waals surface area contributed by atoms with E-state index in [1.165, 1.54) is 19.2 Å². The number of hydrogen-bond donors (Lipinski definition) is 0. The molecule has 1 aliphatic carbocycles. The van der Waals surface area contributed by atoms with Crippen LogP contribution >= 0.6 is 0 Å². The molecule has 8 nitrogen and oxygen atoms in total. The van der Waals surface area contributed by atoms with Crippen LogP contribution in [0.3, 0.4) is 0 Å². The monoisotopic (exact) mass is 390 g/mol. The highest BCUT2D eigenvalue weighted by atomic mass is 16.6. The number of nitro benzene ring substituents is 1. The number of carbonyl (C=O) groups is 2. The molecule has 152 valence electrons. The Kier molecular flexibility index (Phi) is 5.08. The maximum absolute atomic E-state index is 12.7. The summed E-state index contributed by atoms with van der Waals surface area (Å²) < 4.78 is 10.1. The number of carbonyl (C=O) groups excluding carboxylic acids is 2. The van der Waals surface area contributed by atoms with Gasteiger partial charge in [-0.15, -0.1) is 0 Å². The molecule has 1 saturated heterocycles. The van der Waals surface area contributed by atoms with E-state index >= 15 is 0 Å². The lowest BCUT2D eigenvalue weighted by molar-refractivity contribution is -0.385.